The number of benzene rings is 3. The van der Waals surface area contributed by atoms with Crippen LogP contribution in [0, 0.1) is 5.82 Å². The van der Waals surface area contributed by atoms with Crippen LogP contribution in [0.2, 0.25) is 0 Å². The zero-order valence-corrected chi connectivity index (χ0v) is 19.7. The largest absolute Gasteiger partial charge is 0.378 e. The van der Waals surface area contributed by atoms with Gasteiger partial charge in [-0.3, -0.25) is 4.79 Å². The fraction of sp³-hybridized carbons (Fsp3) is 0.192. The SMILES string of the molecule is O=C(NCc1ccc(F)cc1)c1ccc(S(=O)(=O)n2cc(N3CCOCC3)c3ccccc32)cc1. The third-order valence-corrected chi connectivity index (χ3v) is 7.74. The van der Waals surface area contributed by atoms with Crippen LogP contribution in [0.5, 0.6) is 0 Å². The molecule has 0 unspecified atom stereocenters. The third-order valence-electron chi connectivity index (χ3n) is 6.05. The molecule has 1 N–H and O–H groups in total. The van der Waals surface area contributed by atoms with Crippen LogP contribution in [-0.2, 0) is 21.3 Å². The van der Waals surface area contributed by atoms with Gasteiger partial charge in [-0.1, -0.05) is 30.3 Å². The molecule has 4 aromatic rings. The van der Waals surface area contributed by atoms with Gasteiger partial charge in [-0.05, 0) is 48.0 Å². The highest BCUT2D eigenvalue weighted by Gasteiger charge is 2.24. The molecule has 0 spiro atoms. The molecule has 1 fully saturated rings. The highest BCUT2D eigenvalue weighted by molar-refractivity contribution is 7.90. The summed E-state index contributed by atoms with van der Waals surface area (Å²) in [6, 6.07) is 19.1. The molecule has 0 aliphatic carbocycles. The number of hydrogen-bond donors (Lipinski definition) is 1. The van der Waals surface area contributed by atoms with E-state index in [1.165, 1.54) is 40.4 Å². The summed E-state index contributed by atoms with van der Waals surface area (Å²) in [7, 11) is -3.89. The lowest BCUT2D eigenvalue weighted by molar-refractivity contribution is 0.0950. The number of nitrogens with one attached hydrogen (secondary N) is 1. The van der Waals surface area contributed by atoms with Gasteiger partial charge in [-0.15, -0.1) is 0 Å². The van der Waals surface area contributed by atoms with Crippen LogP contribution in [0.1, 0.15) is 15.9 Å². The monoisotopic (exact) mass is 493 g/mol. The maximum absolute atomic E-state index is 13.6. The van der Waals surface area contributed by atoms with Crippen LogP contribution in [0.4, 0.5) is 10.1 Å². The zero-order valence-electron chi connectivity index (χ0n) is 18.9. The first kappa shape index (κ1) is 23.1. The predicted molar refractivity (Wildman–Crippen MR) is 132 cm³/mol. The summed E-state index contributed by atoms with van der Waals surface area (Å²) in [5.41, 5.74) is 2.53. The lowest BCUT2D eigenvalue weighted by Crippen LogP contribution is -2.36. The van der Waals surface area contributed by atoms with Crippen molar-refractivity contribution in [2.75, 3.05) is 31.2 Å². The minimum Gasteiger partial charge on any atom is -0.378 e. The molecule has 1 amide bonds. The molecule has 9 heteroatoms. The van der Waals surface area contributed by atoms with E-state index < -0.39 is 10.0 Å². The Balaban J connectivity index is 1.39. The number of halogens is 1. The molecule has 0 radical (unpaired) electrons. The number of amides is 1. The van der Waals surface area contributed by atoms with E-state index in [4.69, 9.17) is 4.74 Å². The maximum Gasteiger partial charge on any atom is 0.268 e. The summed E-state index contributed by atoms with van der Waals surface area (Å²) in [4.78, 5) is 14.7. The van der Waals surface area contributed by atoms with Crippen molar-refractivity contribution in [3.05, 3.63) is 95.9 Å². The van der Waals surface area contributed by atoms with Crippen molar-refractivity contribution in [3.63, 3.8) is 0 Å². The number of rotatable bonds is 6. The van der Waals surface area contributed by atoms with Crippen LogP contribution < -0.4 is 10.2 Å². The van der Waals surface area contributed by atoms with Gasteiger partial charge in [0.05, 0.1) is 29.3 Å². The Morgan fingerprint density at radius 3 is 2.34 bits per heavy atom. The Hall–Kier alpha value is -3.69. The first-order valence-electron chi connectivity index (χ1n) is 11.2. The molecule has 180 valence electrons. The quantitative estimate of drug-likeness (QED) is 0.442. The summed E-state index contributed by atoms with van der Waals surface area (Å²) < 4.78 is 46.9. The van der Waals surface area contributed by atoms with Gasteiger partial charge in [-0.2, -0.15) is 0 Å². The van der Waals surface area contributed by atoms with Crippen molar-refractivity contribution in [2.45, 2.75) is 11.4 Å². The van der Waals surface area contributed by atoms with E-state index in [0.29, 0.717) is 37.4 Å². The summed E-state index contributed by atoms with van der Waals surface area (Å²) in [6.07, 6.45) is 1.66. The Kier molecular flexibility index (Phi) is 6.27. The van der Waals surface area contributed by atoms with Crippen molar-refractivity contribution >= 4 is 32.5 Å². The van der Waals surface area contributed by atoms with Gasteiger partial charge in [0.2, 0.25) is 0 Å². The third kappa shape index (κ3) is 4.65. The molecule has 1 aliphatic heterocycles. The molecule has 7 nitrogen and oxygen atoms in total. The van der Waals surface area contributed by atoms with Gasteiger partial charge in [-0.25, -0.2) is 16.8 Å². The fourth-order valence-electron chi connectivity index (χ4n) is 4.17. The van der Waals surface area contributed by atoms with Crippen molar-refractivity contribution in [3.8, 4) is 0 Å². The standard InChI is InChI=1S/C26H24FN3O4S/c27-21-9-5-19(6-10-21)17-28-26(31)20-7-11-22(12-8-20)35(32,33)30-18-25(29-13-15-34-16-14-29)23-3-1-2-4-24(23)30/h1-12,18H,13-17H2,(H,28,31). The number of nitrogens with zero attached hydrogens (tertiary/aromatic N) is 2. The minimum absolute atomic E-state index is 0.0851. The number of carbonyl (C=O) groups excluding carboxylic acids is 1. The summed E-state index contributed by atoms with van der Waals surface area (Å²) >= 11 is 0. The molecule has 1 aliphatic rings. The normalized spacial score (nSPS) is 14.3. The highest BCUT2D eigenvalue weighted by Crippen LogP contribution is 2.32. The molecule has 2 heterocycles. The van der Waals surface area contributed by atoms with E-state index in [0.717, 1.165) is 16.6 Å². The molecular formula is C26H24FN3O4S. The van der Waals surface area contributed by atoms with Crippen LogP contribution in [0.25, 0.3) is 10.9 Å². The van der Waals surface area contributed by atoms with E-state index >= 15 is 0 Å². The Bertz CT molecular complexity index is 1460. The summed E-state index contributed by atoms with van der Waals surface area (Å²) in [6.45, 7) is 2.80. The van der Waals surface area contributed by atoms with Crippen LogP contribution in [-0.4, -0.2) is 44.6 Å². The number of hydrogen-bond acceptors (Lipinski definition) is 5. The average molecular weight is 494 g/mol. The highest BCUT2D eigenvalue weighted by atomic mass is 32.2. The van der Waals surface area contributed by atoms with Gasteiger partial charge < -0.3 is 15.0 Å². The van der Waals surface area contributed by atoms with E-state index in [9.17, 15) is 17.6 Å². The van der Waals surface area contributed by atoms with Crippen molar-refractivity contribution in [2.24, 2.45) is 0 Å². The number of morpholine rings is 1. The molecule has 0 atom stereocenters. The Morgan fingerprint density at radius 1 is 0.943 bits per heavy atom. The van der Waals surface area contributed by atoms with Crippen LogP contribution in [0.15, 0.2) is 83.9 Å². The van der Waals surface area contributed by atoms with Gasteiger partial charge in [0.15, 0.2) is 0 Å². The second-order valence-corrected chi connectivity index (χ2v) is 10.1. The van der Waals surface area contributed by atoms with Crippen LogP contribution in [0.3, 0.4) is 0 Å². The van der Waals surface area contributed by atoms with E-state index in [-0.39, 0.29) is 23.2 Å². The first-order valence-corrected chi connectivity index (χ1v) is 12.7. The van der Waals surface area contributed by atoms with Crippen LogP contribution >= 0.6 is 0 Å². The number of aromatic nitrogens is 1. The van der Waals surface area contributed by atoms with Gasteiger partial charge in [0, 0.05) is 36.8 Å². The van der Waals surface area contributed by atoms with Gasteiger partial charge in [0.25, 0.3) is 15.9 Å². The maximum atomic E-state index is 13.6. The van der Waals surface area contributed by atoms with Gasteiger partial charge in [0.1, 0.15) is 5.82 Å². The smallest absolute Gasteiger partial charge is 0.268 e. The second kappa shape index (κ2) is 9.52. The molecule has 1 saturated heterocycles. The second-order valence-electron chi connectivity index (χ2n) is 8.27. The Morgan fingerprint density at radius 2 is 1.63 bits per heavy atom. The molecule has 0 bridgehead atoms. The molecular weight excluding hydrogens is 469 g/mol. The molecule has 35 heavy (non-hydrogen) atoms. The number of fused-ring (bicyclic) bond motifs is 1. The van der Waals surface area contributed by atoms with E-state index in [1.54, 1.807) is 24.4 Å². The average Bonchev–Trinajstić information content (AvgIpc) is 3.29. The number of anilines is 1. The van der Waals surface area contributed by atoms with Crippen molar-refractivity contribution < 1.29 is 22.3 Å². The summed E-state index contributed by atoms with van der Waals surface area (Å²) in [5.74, 6) is -0.691. The number of ether oxygens (including phenoxy) is 1. The minimum atomic E-state index is -3.89. The number of carbonyl (C=O) groups is 1. The van der Waals surface area contributed by atoms with Crippen molar-refractivity contribution in [1.82, 2.24) is 9.29 Å². The Labute approximate surface area is 202 Å². The topological polar surface area (TPSA) is 80.6 Å². The lowest BCUT2D eigenvalue weighted by Gasteiger charge is -2.28. The summed E-state index contributed by atoms with van der Waals surface area (Å²) in [5, 5.41) is 3.61. The van der Waals surface area contributed by atoms with E-state index in [1.807, 2.05) is 18.2 Å². The predicted octanol–water partition coefficient (Wildman–Crippen LogP) is 3.78. The van der Waals surface area contributed by atoms with E-state index in [2.05, 4.69) is 10.2 Å². The molecule has 5 rings (SSSR count). The fourth-order valence-corrected chi connectivity index (χ4v) is 5.53. The molecule has 3 aromatic carbocycles. The van der Waals surface area contributed by atoms with Crippen molar-refractivity contribution in [1.29, 1.82) is 0 Å². The lowest BCUT2D eigenvalue weighted by atomic mass is 10.2. The molecule has 1 aromatic heterocycles. The van der Waals surface area contributed by atoms with Gasteiger partial charge >= 0.3 is 0 Å². The number of para-hydroxylation sites is 1. The zero-order chi connectivity index (χ0) is 24.4. The molecule has 0 saturated carbocycles. The first-order chi connectivity index (χ1) is 16.9.